The minimum absolute atomic E-state index is 0.0813. The Bertz CT molecular complexity index is 908. The van der Waals surface area contributed by atoms with E-state index in [0.29, 0.717) is 11.6 Å². The predicted molar refractivity (Wildman–Crippen MR) is 89.1 cm³/mol. The van der Waals surface area contributed by atoms with Crippen LogP contribution in [0.15, 0.2) is 65.1 Å². The lowest BCUT2D eigenvalue weighted by Gasteiger charge is -2.03. The minimum Gasteiger partial charge on any atom is -0.420 e. The van der Waals surface area contributed by atoms with Gasteiger partial charge in [-0.25, -0.2) is 13.8 Å². The Morgan fingerprint density at radius 1 is 1.04 bits per heavy atom. The van der Waals surface area contributed by atoms with Crippen LogP contribution in [0.4, 0.5) is 14.7 Å². The molecule has 1 N–H and O–H groups in total. The molecule has 1 saturated carbocycles. The maximum absolute atomic E-state index is 13.1. The molecule has 1 aliphatic carbocycles. The molecule has 1 atom stereocenters. The van der Waals surface area contributed by atoms with Gasteiger partial charge in [0.1, 0.15) is 11.6 Å². The van der Waals surface area contributed by atoms with Crippen molar-refractivity contribution in [2.24, 2.45) is 5.92 Å². The van der Waals surface area contributed by atoms with E-state index in [9.17, 15) is 13.6 Å². The Balaban J connectivity index is 1.71. The van der Waals surface area contributed by atoms with Crippen molar-refractivity contribution < 1.29 is 18.0 Å². The number of nitrogens with one attached hydrogen (secondary N) is 1. The first-order valence-electron chi connectivity index (χ1n) is 7.85. The van der Waals surface area contributed by atoms with Crippen LogP contribution in [0.1, 0.15) is 6.42 Å². The van der Waals surface area contributed by atoms with E-state index in [-0.39, 0.29) is 5.88 Å². The summed E-state index contributed by atoms with van der Waals surface area (Å²) in [6.07, 6.45) is -0.431. The molecule has 0 bridgehead atoms. The Morgan fingerprint density at radius 3 is 2.16 bits per heavy atom. The molecular weight excluding hydrogens is 326 g/mol. The van der Waals surface area contributed by atoms with Crippen LogP contribution in [0, 0.1) is 5.92 Å². The van der Waals surface area contributed by atoms with Crippen molar-refractivity contribution in [1.82, 2.24) is 4.98 Å². The number of alkyl halides is 2. The average molecular weight is 340 g/mol. The van der Waals surface area contributed by atoms with Crippen LogP contribution in [-0.4, -0.2) is 16.8 Å². The van der Waals surface area contributed by atoms with E-state index < -0.39 is 24.2 Å². The normalized spacial score (nSPS) is 17.9. The Morgan fingerprint density at radius 2 is 1.60 bits per heavy atom. The SMILES string of the molecule is O=C(Nc1oc(-c2ccccc2)nc1-c1ccccc1)C1CC1(F)F. The molecule has 4 rings (SSSR count). The van der Waals surface area contributed by atoms with Crippen LogP contribution >= 0.6 is 0 Å². The molecule has 1 aromatic heterocycles. The van der Waals surface area contributed by atoms with Crippen molar-refractivity contribution in [2.75, 3.05) is 5.32 Å². The molecule has 4 nitrogen and oxygen atoms in total. The molecule has 126 valence electrons. The van der Waals surface area contributed by atoms with Crippen molar-refractivity contribution in [1.29, 1.82) is 0 Å². The van der Waals surface area contributed by atoms with Gasteiger partial charge in [-0.15, -0.1) is 0 Å². The van der Waals surface area contributed by atoms with Crippen molar-refractivity contribution >= 4 is 11.8 Å². The number of halogens is 2. The number of oxazole rings is 1. The maximum Gasteiger partial charge on any atom is 0.260 e. The number of benzene rings is 2. The molecule has 6 heteroatoms. The molecule has 0 radical (unpaired) electrons. The van der Waals surface area contributed by atoms with Gasteiger partial charge in [-0.1, -0.05) is 48.5 Å². The smallest absolute Gasteiger partial charge is 0.260 e. The first-order chi connectivity index (χ1) is 12.0. The highest BCUT2D eigenvalue weighted by molar-refractivity contribution is 5.97. The summed E-state index contributed by atoms with van der Waals surface area (Å²) in [5, 5.41) is 2.47. The zero-order chi connectivity index (χ0) is 17.4. The number of nitrogens with zero attached hydrogens (tertiary/aromatic N) is 1. The third-order valence-electron chi connectivity index (χ3n) is 4.07. The van der Waals surface area contributed by atoms with Gasteiger partial charge in [0.2, 0.25) is 17.7 Å². The van der Waals surface area contributed by atoms with Crippen molar-refractivity contribution in [3.8, 4) is 22.7 Å². The number of hydrogen-bond acceptors (Lipinski definition) is 3. The molecule has 1 fully saturated rings. The zero-order valence-electron chi connectivity index (χ0n) is 13.1. The topological polar surface area (TPSA) is 55.1 Å². The number of amides is 1. The van der Waals surface area contributed by atoms with E-state index in [1.165, 1.54) is 0 Å². The van der Waals surface area contributed by atoms with Crippen LogP contribution < -0.4 is 5.32 Å². The molecular formula is C19H14F2N2O2. The monoisotopic (exact) mass is 340 g/mol. The summed E-state index contributed by atoms with van der Waals surface area (Å²) in [5.74, 6) is -4.59. The maximum atomic E-state index is 13.1. The van der Waals surface area contributed by atoms with Crippen molar-refractivity contribution in [3.05, 3.63) is 60.7 Å². The predicted octanol–water partition coefficient (Wildman–Crippen LogP) is 4.60. The fraction of sp³-hybridized carbons (Fsp3) is 0.158. The molecule has 1 heterocycles. The fourth-order valence-corrected chi connectivity index (χ4v) is 2.60. The van der Waals surface area contributed by atoms with Crippen molar-refractivity contribution in [2.45, 2.75) is 12.3 Å². The van der Waals surface area contributed by atoms with E-state index in [1.54, 1.807) is 0 Å². The molecule has 0 spiro atoms. The van der Waals surface area contributed by atoms with Crippen LogP contribution in [-0.2, 0) is 4.79 Å². The molecule has 0 saturated heterocycles. The highest BCUT2D eigenvalue weighted by Crippen LogP contribution is 2.49. The van der Waals surface area contributed by atoms with Gasteiger partial charge in [0, 0.05) is 17.5 Å². The van der Waals surface area contributed by atoms with Gasteiger partial charge >= 0.3 is 0 Å². The van der Waals surface area contributed by atoms with Gasteiger partial charge in [0.05, 0.1) is 0 Å². The Labute approximate surface area is 142 Å². The van der Waals surface area contributed by atoms with Gasteiger partial charge in [-0.05, 0) is 12.1 Å². The Hall–Kier alpha value is -3.02. The summed E-state index contributed by atoms with van der Waals surface area (Å²) in [7, 11) is 0. The minimum atomic E-state index is -2.93. The van der Waals surface area contributed by atoms with E-state index >= 15 is 0 Å². The quantitative estimate of drug-likeness (QED) is 0.755. The highest BCUT2D eigenvalue weighted by Gasteiger charge is 2.61. The van der Waals surface area contributed by atoms with Gasteiger partial charge in [0.25, 0.3) is 5.92 Å². The van der Waals surface area contributed by atoms with Crippen LogP contribution in [0.3, 0.4) is 0 Å². The summed E-state index contributed by atoms with van der Waals surface area (Å²) in [6.45, 7) is 0. The van der Waals surface area contributed by atoms with E-state index in [2.05, 4.69) is 10.3 Å². The van der Waals surface area contributed by atoms with Gasteiger partial charge in [-0.2, -0.15) is 0 Å². The summed E-state index contributed by atoms with van der Waals surface area (Å²) in [5.41, 5.74) is 1.87. The molecule has 25 heavy (non-hydrogen) atoms. The molecule has 2 aromatic carbocycles. The summed E-state index contributed by atoms with van der Waals surface area (Å²) >= 11 is 0. The number of hydrogen-bond donors (Lipinski definition) is 1. The number of carbonyl (C=O) groups is 1. The van der Waals surface area contributed by atoms with E-state index in [1.807, 2.05) is 60.7 Å². The number of carbonyl (C=O) groups excluding carboxylic acids is 1. The van der Waals surface area contributed by atoms with Gasteiger partial charge < -0.3 is 4.42 Å². The Kier molecular flexibility index (Phi) is 3.60. The molecule has 3 aromatic rings. The van der Waals surface area contributed by atoms with Crippen LogP contribution in [0.2, 0.25) is 0 Å². The van der Waals surface area contributed by atoms with Gasteiger partial charge in [-0.3, -0.25) is 10.1 Å². The number of aromatic nitrogens is 1. The molecule has 1 aliphatic rings. The standard InChI is InChI=1S/C19H14F2N2O2/c20-19(21)11-14(19)16(24)23-18-15(12-7-3-1-4-8-12)22-17(25-18)13-9-5-2-6-10-13/h1-10,14H,11H2,(H,23,24). The van der Waals surface area contributed by atoms with Gasteiger partial charge in [0.15, 0.2) is 0 Å². The molecule has 1 unspecified atom stereocenters. The first kappa shape index (κ1) is 15.5. The number of anilines is 1. The first-order valence-corrected chi connectivity index (χ1v) is 7.85. The number of rotatable bonds is 4. The second-order valence-corrected chi connectivity index (χ2v) is 5.94. The lowest BCUT2D eigenvalue weighted by atomic mass is 10.1. The second kappa shape index (κ2) is 5.81. The second-order valence-electron chi connectivity index (χ2n) is 5.94. The van der Waals surface area contributed by atoms with Crippen LogP contribution in [0.5, 0.6) is 0 Å². The average Bonchev–Trinajstić information content (AvgIpc) is 3.08. The third-order valence-corrected chi connectivity index (χ3v) is 4.07. The van der Waals surface area contributed by atoms with Crippen molar-refractivity contribution in [3.63, 3.8) is 0 Å². The molecule has 0 aliphatic heterocycles. The van der Waals surface area contributed by atoms with E-state index in [4.69, 9.17) is 4.42 Å². The third kappa shape index (κ3) is 3.03. The van der Waals surface area contributed by atoms with Crippen LogP contribution in [0.25, 0.3) is 22.7 Å². The lowest BCUT2D eigenvalue weighted by Crippen LogP contribution is -2.17. The lowest BCUT2D eigenvalue weighted by molar-refractivity contribution is -0.119. The summed E-state index contributed by atoms with van der Waals surface area (Å²) < 4.78 is 32.0. The highest BCUT2D eigenvalue weighted by atomic mass is 19.3. The summed E-state index contributed by atoms with van der Waals surface area (Å²) in [4.78, 5) is 16.5. The van der Waals surface area contributed by atoms with E-state index in [0.717, 1.165) is 11.1 Å². The fourth-order valence-electron chi connectivity index (χ4n) is 2.60. The molecule has 1 amide bonds. The zero-order valence-corrected chi connectivity index (χ0v) is 13.1. The largest absolute Gasteiger partial charge is 0.420 e. The summed E-state index contributed by atoms with van der Waals surface area (Å²) in [6, 6.07) is 18.3.